The molecule has 5 rings (SSSR count). The predicted octanol–water partition coefficient (Wildman–Crippen LogP) is 1.85. The third-order valence-corrected chi connectivity index (χ3v) is 7.63. The molecule has 208 valence electrons. The Labute approximate surface area is 227 Å². The summed E-state index contributed by atoms with van der Waals surface area (Å²) in [6.07, 6.45) is 7.12. The highest BCUT2D eigenvalue weighted by Crippen LogP contribution is 2.25. The van der Waals surface area contributed by atoms with Crippen molar-refractivity contribution in [3.63, 3.8) is 0 Å². The average Bonchev–Trinajstić information content (AvgIpc) is 2.98. The maximum atomic E-state index is 12.8. The standard InChI is InChI=1S/C27H36N8O4/c28-23(36)22-24(29-20-10-8-19(9-11-20)26(38)34-13-15-39-16-14-34)31-27(33-32-22)35-12-4-7-21(17-35)30-25(37)18-5-2-1-3-6-18/h8-11,18,21H,1-7,12-17H2,(H2,28,36)(H,30,37)(H,29,31,33)/t21-/m1/s1. The fraction of sp³-hybridized carbons (Fsp3) is 0.556. The number of nitrogens with two attached hydrogens (primary N) is 1. The monoisotopic (exact) mass is 536 g/mol. The van der Waals surface area contributed by atoms with E-state index in [9.17, 15) is 14.4 Å². The molecule has 3 aliphatic rings. The van der Waals surface area contributed by atoms with Crippen LogP contribution < -0.4 is 21.3 Å². The number of nitrogens with one attached hydrogen (secondary N) is 2. The van der Waals surface area contributed by atoms with Crippen LogP contribution in [0.5, 0.6) is 0 Å². The van der Waals surface area contributed by atoms with Gasteiger partial charge in [0.1, 0.15) is 0 Å². The molecular weight excluding hydrogens is 500 g/mol. The van der Waals surface area contributed by atoms with E-state index in [0.717, 1.165) is 38.5 Å². The van der Waals surface area contributed by atoms with Crippen LogP contribution in [0.3, 0.4) is 0 Å². The third kappa shape index (κ3) is 6.62. The predicted molar refractivity (Wildman–Crippen MR) is 145 cm³/mol. The lowest BCUT2D eigenvalue weighted by molar-refractivity contribution is -0.126. The number of nitrogens with zero attached hydrogens (tertiary/aromatic N) is 5. The molecule has 2 saturated heterocycles. The normalized spacial score (nSPS) is 20.4. The van der Waals surface area contributed by atoms with Crippen LogP contribution in [0.2, 0.25) is 0 Å². The van der Waals surface area contributed by atoms with E-state index in [1.807, 2.05) is 4.90 Å². The lowest BCUT2D eigenvalue weighted by atomic mass is 9.88. The van der Waals surface area contributed by atoms with Gasteiger partial charge in [-0.1, -0.05) is 19.3 Å². The van der Waals surface area contributed by atoms with Crippen LogP contribution in [-0.4, -0.2) is 83.2 Å². The molecule has 1 aromatic carbocycles. The third-order valence-electron chi connectivity index (χ3n) is 7.63. The van der Waals surface area contributed by atoms with Crippen molar-refractivity contribution in [1.82, 2.24) is 25.4 Å². The van der Waals surface area contributed by atoms with E-state index < -0.39 is 5.91 Å². The topological polar surface area (TPSA) is 156 Å². The van der Waals surface area contributed by atoms with Gasteiger partial charge in [0.2, 0.25) is 11.9 Å². The summed E-state index contributed by atoms with van der Waals surface area (Å²) in [4.78, 5) is 45.9. The maximum absolute atomic E-state index is 12.8. The molecule has 2 aromatic rings. The van der Waals surface area contributed by atoms with E-state index in [2.05, 4.69) is 25.8 Å². The summed E-state index contributed by atoms with van der Waals surface area (Å²) in [5, 5.41) is 14.6. The van der Waals surface area contributed by atoms with E-state index >= 15 is 0 Å². The fourth-order valence-electron chi connectivity index (χ4n) is 5.45. The Kier molecular flexibility index (Phi) is 8.50. The van der Waals surface area contributed by atoms with Crippen molar-refractivity contribution in [2.75, 3.05) is 49.6 Å². The van der Waals surface area contributed by atoms with Crippen molar-refractivity contribution in [2.24, 2.45) is 11.7 Å². The van der Waals surface area contributed by atoms with E-state index in [4.69, 9.17) is 10.5 Å². The molecule has 4 N–H and O–H groups in total. The molecule has 12 nitrogen and oxygen atoms in total. The van der Waals surface area contributed by atoms with E-state index in [-0.39, 0.29) is 35.3 Å². The van der Waals surface area contributed by atoms with Crippen molar-refractivity contribution < 1.29 is 19.1 Å². The maximum Gasteiger partial charge on any atom is 0.273 e. The molecule has 0 unspecified atom stereocenters. The number of morpholine rings is 1. The highest BCUT2D eigenvalue weighted by atomic mass is 16.5. The number of hydrogen-bond acceptors (Lipinski definition) is 9. The molecule has 12 heteroatoms. The Morgan fingerprint density at radius 1 is 0.923 bits per heavy atom. The van der Waals surface area contributed by atoms with Gasteiger partial charge in [-0.3, -0.25) is 14.4 Å². The second kappa shape index (κ2) is 12.4. The summed E-state index contributed by atoms with van der Waals surface area (Å²) in [5.41, 5.74) is 6.66. The van der Waals surface area contributed by atoms with Gasteiger partial charge < -0.3 is 30.9 Å². The molecule has 1 aliphatic carbocycles. The van der Waals surface area contributed by atoms with E-state index in [0.29, 0.717) is 56.6 Å². The molecule has 3 fully saturated rings. The zero-order chi connectivity index (χ0) is 27.2. The second-order valence-corrected chi connectivity index (χ2v) is 10.4. The van der Waals surface area contributed by atoms with Crippen LogP contribution in [0.1, 0.15) is 65.8 Å². The number of anilines is 3. The number of carbonyl (C=O) groups is 3. The summed E-state index contributed by atoms with van der Waals surface area (Å²) >= 11 is 0. The number of aromatic nitrogens is 3. The largest absolute Gasteiger partial charge is 0.378 e. The van der Waals surface area contributed by atoms with Gasteiger partial charge in [-0.15, -0.1) is 10.2 Å². The van der Waals surface area contributed by atoms with Crippen LogP contribution >= 0.6 is 0 Å². The minimum absolute atomic E-state index is 0.000510. The number of amides is 3. The summed E-state index contributed by atoms with van der Waals surface area (Å²) in [6, 6.07) is 6.95. The molecule has 1 saturated carbocycles. The zero-order valence-corrected chi connectivity index (χ0v) is 22.1. The van der Waals surface area contributed by atoms with Crippen LogP contribution in [0.4, 0.5) is 17.5 Å². The average molecular weight is 537 g/mol. The molecule has 3 amide bonds. The summed E-state index contributed by atoms with van der Waals surface area (Å²) in [6.45, 7) is 3.48. The number of rotatable bonds is 7. The van der Waals surface area contributed by atoms with E-state index in [1.54, 1.807) is 29.2 Å². The summed E-state index contributed by atoms with van der Waals surface area (Å²) in [5.74, 6) is -0.00880. The number of hydrogen-bond donors (Lipinski definition) is 3. The first-order chi connectivity index (χ1) is 19.0. The molecule has 0 radical (unpaired) electrons. The molecule has 2 aliphatic heterocycles. The first-order valence-corrected chi connectivity index (χ1v) is 13.8. The minimum Gasteiger partial charge on any atom is -0.378 e. The molecule has 39 heavy (non-hydrogen) atoms. The number of ether oxygens (including phenoxy) is 1. The van der Waals surface area contributed by atoms with Gasteiger partial charge in [-0.2, -0.15) is 4.98 Å². The fourth-order valence-corrected chi connectivity index (χ4v) is 5.45. The Balaban J connectivity index is 1.26. The van der Waals surface area contributed by atoms with Crippen LogP contribution in [0, 0.1) is 5.92 Å². The van der Waals surface area contributed by atoms with Gasteiger partial charge in [-0.25, -0.2) is 0 Å². The van der Waals surface area contributed by atoms with Gasteiger partial charge in [0, 0.05) is 49.4 Å². The SMILES string of the molecule is NC(=O)c1nnc(N2CCC[C@@H](NC(=O)C3CCCCC3)C2)nc1Nc1ccc(C(=O)N2CCOCC2)cc1. The Bertz CT molecular complexity index is 1180. The summed E-state index contributed by atoms with van der Waals surface area (Å²) < 4.78 is 5.32. The number of benzene rings is 1. The Morgan fingerprint density at radius 3 is 2.38 bits per heavy atom. The number of primary amides is 1. The molecular formula is C27H36N8O4. The van der Waals surface area contributed by atoms with Crippen molar-refractivity contribution in [3.8, 4) is 0 Å². The molecule has 0 spiro atoms. The van der Waals surface area contributed by atoms with Gasteiger partial charge in [0.15, 0.2) is 11.5 Å². The highest BCUT2D eigenvalue weighted by Gasteiger charge is 2.28. The highest BCUT2D eigenvalue weighted by molar-refractivity contribution is 5.97. The zero-order valence-electron chi connectivity index (χ0n) is 22.1. The minimum atomic E-state index is -0.751. The van der Waals surface area contributed by atoms with E-state index in [1.165, 1.54) is 6.42 Å². The smallest absolute Gasteiger partial charge is 0.273 e. The van der Waals surface area contributed by atoms with Crippen molar-refractivity contribution >= 4 is 35.2 Å². The lowest BCUT2D eigenvalue weighted by Crippen LogP contribution is -2.50. The summed E-state index contributed by atoms with van der Waals surface area (Å²) in [7, 11) is 0. The number of piperidine rings is 1. The number of carbonyl (C=O) groups excluding carboxylic acids is 3. The van der Waals surface area contributed by atoms with Crippen LogP contribution in [-0.2, 0) is 9.53 Å². The second-order valence-electron chi connectivity index (χ2n) is 10.4. The molecule has 1 atom stereocenters. The Hall–Kier alpha value is -3.80. The van der Waals surface area contributed by atoms with Gasteiger partial charge in [-0.05, 0) is 49.9 Å². The van der Waals surface area contributed by atoms with Gasteiger partial charge >= 0.3 is 0 Å². The molecule has 1 aromatic heterocycles. The van der Waals surface area contributed by atoms with Crippen molar-refractivity contribution in [2.45, 2.75) is 51.0 Å². The van der Waals surface area contributed by atoms with Crippen molar-refractivity contribution in [1.29, 1.82) is 0 Å². The molecule has 3 heterocycles. The first kappa shape index (κ1) is 26.8. The molecule has 0 bridgehead atoms. The van der Waals surface area contributed by atoms with Crippen LogP contribution in [0.25, 0.3) is 0 Å². The van der Waals surface area contributed by atoms with Crippen LogP contribution in [0.15, 0.2) is 24.3 Å². The quantitative estimate of drug-likeness (QED) is 0.481. The van der Waals surface area contributed by atoms with Gasteiger partial charge in [0.25, 0.3) is 11.8 Å². The van der Waals surface area contributed by atoms with Crippen molar-refractivity contribution in [3.05, 3.63) is 35.5 Å². The Morgan fingerprint density at radius 2 is 1.67 bits per heavy atom. The van der Waals surface area contributed by atoms with Gasteiger partial charge in [0.05, 0.1) is 13.2 Å². The first-order valence-electron chi connectivity index (χ1n) is 13.8. The lowest BCUT2D eigenvalue weighted by Gasteiger charge is -2.34.